The smallest absolute Gasteiger partial charge is 0.351 e. The summed E-state index contributed by atoms with van der Waals surface area (Å²) < 4.78 is 6.74. The number of hydrogen-bond acceptors (Lipinski definition) is 3. The first-order chi connectivity index (χ1) is 8.79. The summed E-state index contributed by atoms with van der Waals surface area (Å²) in [5.41, 5.74) is 0.738. The van der Waals surface area contributed by atoms with Crippen molar-refractivity contribution in [2.24, 2.45) is 0 Å². The van der Waals surface area contributed by atoms with Gasteiger partial charge in [-0.15, -0.1) is 0 Å². The highest BCUT2D eigenvalue weighted by Gasteiger charge is 2.01. The Hall–Kier alpha value is -2.36. The highest BCUT2D eigenvalue weighted by atomic mass is 16.5. The number of nitrogens with zero attached hydrogens (tertiary/aromatic N) is 2. The lowest BCUT2D eigenvalue weighted by Crippen LogP contribution is -2.23. The van der Waals surface area contributed by atoms with E-state index < -0.39 is 0 Å². The summed E-state index contributed by atoms with van der Waals surface area (Å²) in [5, 5.41) is 0. The summed E-state index contributed by atoms with van der Waals surface area (Å²) in [6, 6.07) is 11.4. The second-order valence-electron chi connectivity index (χ2n) is 3.76. The standard InChI is InChI=1S/C14H14N2O2/c1-2-10-18-13-8-9-16(14(17)15-13)11-12-6-4-3-5-7-12/h2-9H,1,10-11H2. The Balaban J connectivity index is 2.15. The summed E-state index contributed by atoms with van der Waals surface area (Å²) in [5.74, 6) is 0.323. The van der Waals surface area contributed by atoms with Gasteiger partial charge in [0.15, 0.2) is 0 Å². The third kappa shape index (κ3) is 3.07. The van der Waals surface area contributed by atoms with E-state index in [1.807, 2.05) is 30.3 Å². The van der Waals surface area contributed by atoms with E-state index in [9.17, 15) is 4.79 Å². The fourth-order valence-corrected chi connectivity index (χ4v) is 1.54. The van der Waals surface area contributed by atoms with Gasteiger partial charge in [-0.3, -0.25) is 4.57 Å². The van der Waals surface area contributed by atoms with Crippen LogP contribution in [0, 0.1) is 0 Å². The molecule has 0 fully saturated rings. The van der Waals surface area contributed by atoms with Gasteiger partial charge in [0.05, 0.1) is 6.54 Å². The van der Waals surface area contributed by atoms with Gasteiger partial charge in [0.25, 0.3) is 0 Å². The third-order valence-corrected chi connectivity index (χ3v) is 2.39. The van der Waals surface area contributed by atoms with Gasteiger partial charge in [-0.1, -0.05) is 43.0 Å². The van der Waals surface area contributed by atoms with Crippen LogP contribution in [0.4, 0.5) is 0 Å². The molecule has 92 valence electrons. The van der Waals surface area contributed by atoms with E-state index in [0.29, 0.717) is 19.0 Å². The minimum atomic E-state index is -0.319. The van der Waals surface area contributed by atoms with E-state index in [1.165, 1.54) is 4.57 Å². The maximum atomic E-state index is 11.8. The van der Waals surface area contributed by atoms with Gasteiger partial charge in [0.1, 0.15) is 6.61 Å². The van der Waals surface area contributed by atoms with Crippen LogP contribution in [0.2, 0.25) is 0 Å². The van der Waals surface area contributed by atoms with Gasteiger partial charge in [-0.2, -0.15) is 4.98 Å². The van der Waals surface area contributed by atoms with Crippen LogP contribution in [0.15, 0.2) is 60.0 Å². The Morgan fingerprint density at radius 3 is 2.72 bits per heavy atom. The molecular formula is C14H14N2O2. The molecule has 1 aromatic heterocycles. The summed E-state index contributed by atoms with van der Waals surface area (Å²) in [6.07, 6.45) is 3.29. The van der Waals surface area contributed by atoms with Crippen LogP contribution in [0.25, 0.3) is 0 Å². The molecule has 4 heteroatoms. The molecule has 0 saturated carbocycles. The average molecular weight is 242 g/mol. The topological polar surface area (TPSA) is 44.1 Å². The van der Waals surface area contributed by atoms with Crippen LogP contribution in [0.1, 0.15) is 5.56 Å². The van der Waals surface area contributed by atoms with Gasteiger partial charge < -0.3 is 4.74 Å². The van der Waals surface area contributed by atoms with Crippen LogP contribution < -0.4 is 10.4 Å². The van der Waals surface area contributed by atoms with E-state index in [1.54, 1.807) is 18.3 Å². The molecule has 4 nitrogen and oxygen atoms in total. The molecule has 0 atom stereocenters. The molecule has 0 radical (unpaired) electrons. The minimum absolute atomic E-state index is 0.319. The number of hydrogen-bond donors (Lipinski definition) is 0. The Labute approximate surface area is 105 Å². The largest absolute Gasteiger partial charge is 0.473 e. The average Bonchev–Trinajstić information content (AvgIpc) is 2.40. The Morgan fingerprint density at radius 2 is 2.06 bits per heavy atom. The van der Waals surface area contributed by atoms with Crippen molar-refractivity contribution in [1.29, 1.82) is 0 Å². The second kappa shape index (κ2) is 5.82. The summed E-state index contributed by atoms with van der Waals surface area (Å²) in [7, 11) is 0. The maximum absolute atomic E-state index is 11.8. The zero-order chi connectivity index (χ0) is 12.8. The zero-order valence-corrected chi connectivity index (χ0v) is 9.95. The number of benzene rings is 1. The molecule has 0 aliphatic heterocycles. The molecule has 0 aliphatic carbocycles. The highest BCUT2D eigenvalue weighted by Crippen LogP contribution is 2.04. The van der Waals surface area contributed by atoms with Crippen molar-refractivity contribution in [3.8, 4) is 5.88 Å². The minimum Gasteiger partial charge on any atom is -0.473 e. The second-order valence-corrected chi connectivity index (χ2v) is 3.76. The highest BCUT2D eigenvalue weighted by molar-refractivity contribution is 5.15. The van der Waals surface area contributed by atoms with E-state index >= 15 is 0 Å². The zero-order valence-electron chi connectivity index (χ0n) is 9.95. The summed E-state index contributed by atoms with van der Waals surface area (Å²) in [4.78, 5) is 15.6. The van der Waals surface area contributed by atoms with Gasteiger partial charge >= 0.3 is 5.69 Å². The Morgan fingerprint density at radius 1 is 1.28 bits per heavy atom. The molecule has 0 N–H and O–H groups in total. The molecule has 0 unspecified atom stereocenters. The van der Waals surface area contributed by atoms with Crippen molar-refractivity contribution >= 4 is 0 Å². The molecule has 18 heavy (non-hydrogen) atoms. The normalized spacial score (nSPS) is 10.0. The van der Waals surface area contributed by atoms with E-state index in [0.717, 1.165) is 5.56 Å². The molecule has 0 saturated heterocycles. The van der Waals surface area contributed by atoms with Gasteiger partial charge in [-0.25, -0.2) is 4.79 Å². The van der Waals surface area contributed by atoms with Gasteiger partial charge in [0.2, 0.25) is 5.88 Å². The van der Waals surface area contributed by atoms with Crippen LogP contribution >= 0.6 is 0 Å². The first kappa shape index (κ1) is 12.1. The molecule has 0 spiro atoms. The monoisotopic (exact) mass is 242 g/mol. The van der Waals surface area contributed by atoms with Crippen molar-refractivity contribution in [2.45, 2.75) is 6.54 Å². The fourth-order valence-electron chi connectivity index (χ4n) is 1.54. The van der Waals surface area contributed by atoms with Crippen molar-refractivity contribution in [3.63, 3.8) is 0 Å². The number of ether oxygens (including phenoxy) is 1. The number of aromatic nitrogens is 2. The molecule has 1 aromatic carbocycles. The third-order valence-electron chi connectivity index (χ3n) is 2.39. The molecular weight excluding hydrogens is 228 g/mol. The molecule has 0 bridgehead atoms. The van der Waals surface area contributed by atoms with Crippen molar-refractivity contribution in [2.75, 3.05) is 6.61 Å². The first-order valence-corrected chi connectivity index (χ1v) is 5.64. The fraction of sp³-hybridized carbons (Fsp3) is 0.143. The van der Waals surface area contributed by atoms with E-state index in [4.69, 9.17) is 4.74 Å². The quantitative estimate of drug-likeness (QED) is 0.752. The molecule has 0 aliphatic rings. The molecule has 2 rings (SSSR count). The van der Waals surface area contributed by atoms with Crippen LogP contribution in [-0.2, 0) is 6.54 Å². The van der Waals surface area contributed by atoms with Crippen molar-refractivity contribution < 1.29 is 4.74 Å². The van der Waals surface area contributed by atoms with Crippen LogP contribution in [0.3, 0.4) is 0 Å². The van der Waals surface area contributed by atoms with Gasteiger partial charge in [-0.05, 0) is 5.56 Å². The number of rotatable bonds is 5. The summed E-state index contributed by atoms with van der Waals surface area (Å²) >= 11 is 0. The SMILES string of the molecule is C=CCOc1ccn(Cc2ccccc2)c(=O)n1. The molecule has 1 heterocycles. The van der Waals surface area contributed by atoms with Gasteiger partial charge in [0, 0.05) is 12.3 Å². The predicted octanol–water partition coefficient (Wildman–Crippen LogP) is 1.86. The first-order valence-electron chi connectivity index (χ1n) is 5.64. The maximum Gasteiger partial charge on any atom is 0.351 e. The Kier molecular flexibility index (Phi) is 3.91. The summed E-state index contributed by atoms with van der Waals surface area (Å²) in [6.45, 7) is 4.39. The molecule has 0 amide bonds. The van der Waals surface area contributed by atoms with Crippen LogP contribution in [-0.4, -0.2) is 16.2 Å². The Bertz CT molecular complexity index is 576. The van der Waals surface area contributed by atoms with Crippen molar-refractivity contribution in [3.05, 3.63) is 71.3 Å². The molecule has 2 aromatic rings. The predicted molar refractivity (Wildman–Crippen MR) is 69.7 cm³/mol. The lowest BCUT2D eigenvalue weighted by Gasteiger charge is -2.06. The van der Waals surface area contributed by atoms with E-state index in [2.05, 4.69) is 11.6 Å². The lowest BCUT2D eigenvalue weighted by molar-refractivity contribution is 0.345. The lowest BCUT2D eigenvalue weighted by atomic mass is 10.2. The van der Waals surface area contributed by atoms with Crippen molar-refractivity contribution in [1.82, 2.24) is 9.55 Å². The van der Waals surface area contributed by atoms with E-state index in [-0.39, 0.29) is 5.69 Å². The van der Waals surface area contributed by atoms with Crippen LogP contribution in [0.5, 0.6) is 5.88 Å².